The Hall–Kier alpha value is -1.68. The van der Waals surface area contributed by atoms with Crippen LogP contribution in [-0.4, -0.2) is 14.2 Å². The van der Waals surface area contributed by atoms with E-state index in [2.05, 4.69) is 5.32 Å². The zero-order valence-corrected chi connectivity index (χ0v) is 10.0. The van der Waals surface area contributed by atoms with E-state index in [1.807, 2.05) is 36.4 Å². The van der Waals surface area contributed by atoms with E-state index in [0.717, 1.165) is 21.5 Å². The van der Waals surface area contributed by atoms with Crippen LogP contribution in [0.2, 0.25) is 0 Å². The van der Waals surface area contributed by atoms with Crippen molar-refractivity contribution in [3.8, 4) is 10.8 Å². The van der Waals surface area contributed by atoms with Crippen LogP contribution in [0.1, 0.15) is 0 Å². The predicted octanol–water partition coefficient (Wildman–Crippen LogP) is 3.51. The van der Waals surface area contributed by atoms with Crippen molar-refractivity contribution in [3.05, 3.63) is 36.4 Å². The van der Waals surface area contributed by atoms with E-state index < -0.39 is 0 Å². The Bertz CT molecular complexity index is 450. The van der Waals surface area contributed by atoms with Gasteiger partial charge in [-0.05, 0) is 36.4 Å². The zero-order chi connectivity index (χ0) is 11.4. The SMILES string of the molecule is COc1ccc(Nc2ccc(OC)s2)cc1. The monoisotopic (exact) mass is 235 g/mol. The van der Waals surface area contributed by atoms with Crippen LogP contribution in [0.15, 0.2) is 36.4 Å². The van der Waals surface area contributed by atoms with Gasteiger partial charge in [0.25, 0.3) is 0 Å². The average Bonchev–Trinajstić information content (AvgIpc) is 2.78. The van der Waals surface area contributed by atoms with Gasteiger partial charge in [0.15, 0.2) is 5.06 Å². The van der Waals surface area contributed by atoms with Gasteiger partial charge in [0.1, 0.15) is 5.75 Å². The van der Waals surface area contributed by atoms with Crippen LogP contribution in [0, 0.1) is 0 Å². The van der Waals surface area contributed by atoms with Crippen LogP contribution >= 0.6 is 11.3 Å². The molecule has 0 unspecified atom stereocenters. The molecule has 0 saturated carbocycles. The second-order valence-corrected chi connectivity index (χ2v) is 4.22. The number of hydrogen-bond acceptors (Lipinski definition) is 4. The fourth-order valence-corrected chi connectivity index (χ4v) is 2.05. The molecule has 1 aromatic carbocycles. The summed E-state index contributed by atoms with van der Waals surface area (Å²) in [6.45, 7) is 0. The van der Waals surface area contributed by atoms with E-state index in [4.69, 9.17) is 9.47 Å². The maximum atomic E-state index is 5.13. The molecule has 1 heterocycles. The first kappa shape index (κ1) is 10.8. The van der Waals surface area contributed by atoms with E-state index in [1.54, 1.807) is 25.6 Å². The summed E-state index contributed by atoms with van der Waals surface area (Å²) in [5.41, 5.74) is 1.03. The lowest BCUT2D eigenvalue weighted by molar-refractivity contribution is 0.415. The van der Waals surface area contributed by atoms with E-state index in [1.165, 1.54) is 0 Å². The Kier molecular flexibility index (Phi) is 3.31. The topological polar surface area (TPSA) is 30.5 Å². The number of hydrogen-bond donors (Lipinski definition) is 1. The summed E-state index contributed by atoms with van der Waals surface area (Å²) < 4.78 is 10.2. The average molecular weight is 235 g/mol. The van der Waals surface area contributed by atoms with Crippen LogP contribution in [-0.2, 0) is 0 Å². The molecule has 2 aromatic rings. The summed E-state index contributed by atoms with van der Waals surface area (Å²) in [6, 6.07) is 11.7. The largest absolute Gasteiger partial charge is 0.497 e. The van der Waals surface area contributed by atoms with E-state index in [0.29, 0.717) is 0 Å². The first-order valence-electron chi connectivity index (χ1n) is 4.87. The minimum atomic E-state index is 0.856. The summed E-state index contributed by atoms with van der Waals surface area (Å²) in [5.74, 6) is 0.856. The molecule has 0 amide bonds. The van der Waals surface area contributed by atoms with Gasteiger partial charge >= 0.3 is 0 Å². The van der Waals surface area contributed by atoms with Gasteiger partial charge in [-0.2, -0.15) is 0 Å². The van der Waals surface area contributed by atoms with E-state index in [9.17, 15) is 0 Å². The summed E-state index contributed by atoms with van der Waals surface area (Å²) in [5, 5.41) is 5.25. The number of methoxy groups -OCH3 is 2. The fraction of sp³-hybridized carbons (Fsp3) is 0.167. The van der Waals surface area contributed by atoms with Crippen LogP contribution in [0.3, 0.4) is 0 Å². The van der Waals surface area contributed by atoms with E-state index >= 15 is 0 Å². The highest BCUT2D eigenvalue weighted by Gasteiger charge is 2.00. The molecule has 1 aromatic heterocycles. The molecule has 2 rings (SSSR count). The van der Waals surface area contributed by atoms with Gasteiger partial charge in [-0.1, -0.05) is 11.3 Å². The summed E-state index contributed by atoms with van der Waals surface area (Å²) in [7, 11) is 3.33. The quantitative estimate of drug-likeness (QED) is 0.879. The molecule has 0 aliphatic heterocycles. The third-order valence-corrected chi connectivity index (χ3v) is 3.10. The van der Waals surface area contributed by atoms with Crippen molar-refractivity contribution in [1.29, 1.82) is 0 Å². The van der Waals surface area contributed by atoms with Gasteiger partial charge in [-0.15, -0.1) is 0 Å². The highest BCUT2D eigenvalue weighted by Crippen LogP contribution is 2.31. The van der Waals surface area contributed by atoms with Gasteiger partial charge in [0, 0.05) is 5.69 Å². The second kappa shape index (κ2) is 4.90. The number of thiophene rings is 1. The Morgan fingerprint density at radius 1 is 0.938 bits per heavy atom. The lowest BCUT2D eigenvalue weighted by Crippen LogP contribution is -1.87. The molecule has 4 heteroatoms. The molecule has 3 nitrogen and oxygen atoms in total. The standard InChI is InChI=1S/C12H13NO2S/c1-14-10-5-3-9(4-6-10)13-11-7-8-12(15-2)16-11/h3-8,13H,1-2H3. The van der Waals surface area contributed by atoms with Crippen LogP contribution < -0.4 is 14.8 Å². The number of rotatable bonds is 4. The van der Waals surface area contributed by atoms with Crippen molar-refractivity contribution in [2.24, 2.45) is 0 Å². The second-order valence-electron chi connectivity index (χ2n) is 3.18. The van der Waals surface area contributed by atoms with Crippen LogP contribution in [0.4, 0.5) is 10.7 Å². The third-order valence-electron chi connectivity index (χ3n) is 2.14. The fourth-order valence-electron chi connectivity index (χ4n) is 1.31. The van der Waals surface area contributed by atoms with Crippen molar-refractivity contribution in [3.63, 3.8) is 0 Å². The lowest BCUT2D eigenvalue weighted by Gasteiger charge is -2.04. The van der Waals surface area contributed by atoms with Crippen molar-refractivity contribution in [2.45, 2.75) is 0 Å². The maximum Gasteiger partial charge on any atom is 0.175 e. The first-order valence-corrected chi connectivity index (χ1v) is 5.68. The third kappa shape index (κ3) is 2.46. The number of anilines is 2. The first-order chi connectivity index (χ1) is 7.81. The number of ether oxygens (including phenoxy) is 2. The maximum absolute atomic E-state index is 5.13. The normalized spacial score (nSPS) is 9.88. The van der Waals surface area contributed by atoms with Gasteiger partial charge < -0.3 is 14.8 Å². The van der Waals surface area contributed by atoms with Crippen LogP contribution in [0.5, 0.6) is 10.8 Å². The highest BCUT2D eigenvalue weighted by atomic mass is 32.1. The summed E-state index contributed by atoms with van der Waals surface area (Å²) >= 11 is 1.57. The molecule has 0 saturated heterocycles. The van der Waals surface area contributed by atoms with Crippen molar-refractivity contribution < 1.29 is 9.47 Å². The number of benzene rings is 1. The van der Waals surface area contributed by atoms with Crippen molar-refractivity contribution in [2.75, 3.05) is 19.5 Å². The van der Waals surface area contributed by atoms with Crippen molar-refractivity contribution in [1.82, 2.24) is 0 Å². The predicted molar refractivity (Wildman–Crippen MR) is 67.1 cm³/mol. The Morgan fingerprint density at radius 3 is 2.25 bits per heavy atom. The van der Waals surface area contributed by atoms with Gasteiger partial charge in [-0.3, -0.25) is 0 Å². The smallest absolute Gasteiger partial charge is 0.175 e. The molecule has 0 spiro atoms. The molecule has 0 aliphatic rings. The van der Waals surface area contributed by atoms with Gasteiger partial charge in [-0.25, -0.2) is 0 Å². The highest BCUT2D eigenvalue weighted by molar-refractivity contribution is 7.17. The lowest BCUT2D eigenvalue weighted by atomic mass is 10.3. The molecular weight excluding hydrogens is 222 g/mol. The van der Waals surface area contributed by atoms with Gasteiger partial charge in [0.2, 0.25) is 0 Å². The molecule has 0 bridgehead atoms. The Morgan fingerprint density at radius 2 is 1.69 bits per heavy atom. The van der Waals surface area contributed by atoms with Crippen molar-refractivity contribution >= 4 is 22.0 Å². The molecule has 0 radical (unpaired) electrons. The number of nitrogens with one attached hydrogen (secondary N) is 1. The molecular formula is C12H13NO2S. The molecule has 16 heavy (non-hydrogen) atoms. The summed E-state index contributed by atoms with van der Waals surface area (Å²) in [4.78, 5) is 0. The van der Waals surface area contributed by atoms with E-state index in [-0.39, 0.29) is 0 Å². The molecule has 0 fully saturated rings. The molecule has 0 aliphatic carbocycles. The molecule has 84 valence electrons. The Balaban J connectivity index is 2.08. The minimum Gasteiger partial charge on any atom is -0.497 e. The van der Waals surface area contributed by atoms with Crippen LogP contribution in [0.25, 0.3) is 0 Å². The molecule has 1 N–H and O–H groups in total. The minimum absolute atomic E-state index is 0.856. The van der Waals surface area contributed by atoms with Gasteiger partial charge in [0.05, 0.1) is 19.2 Å². The molecule has 0 atom stereocenters. The zero-order valence-electron chi connectivity index (χ0n) is 9.19. The Labute approximate surface area is 98.6 Å². The summed E-state index contributed by atoms with van der Waals surface area (Å²) in [6.07, 6.45) is 0.